The van der Waals surface area contributed by atoms with Crippen LogP contribution in [0.1, 0.15) is 24.9 Å². The van der Waals surface area contributed by atoms with Gasteiger partial charge < -0.3 is 24.3 Å². The number of aromatic nitrogens is 3. The SMILES string of the molecule is CN=C(NCc1cccnc1OCCOC)N1CCC(C)C(n2ccnc2)C1.I. The number of nitrogens with zero attached hydrogens (tertiary/aromatic N) is 5. The fourth-order valence-electron chi connectivity index (χ4n) is 3.51. The van der Waals surface area contributed by atoms with Crippen LogP contribution in [-0.4, -0.2) is 65.9 Å². The normalized spacial score (nSPS) is 19.6. The number of pyridine rings is 1. The van der Waals surface area contributed by atoms with Crippen LogP contribution in [0.2, 0.25) is 0 Å². The highest BCUT2D eigenvalue weighted by Gasteiger charge is 2.28. The van der Waals surface area contributed by atoms with Gasteiger partial charge in [0.2, 0.25) is 5.88 Å². The van der Waals surface area contributed by atoms with Crippen molar-refractivity contribution < 1.29 is 9.47 Å². The van der Waals surface area contributed by atoms with Gasteiger partial charge >= 0.3 is 0 Å². The van der Waals surface area contributed by atoms with Crippen molar-refractivity contribution in [2.45, 2.75) is 25.9 Å². The average molecular weight is 514 g/mol. The number of imidazole rings is 1. The molecule has 3 heterocycles. The Hall–Kier alpha value is -1.88. The van der Waals surface area contributed by atoms with Gasteiger partial charge in [0.1, 0.15) is 6.61 Å². The highest BCUT2D eigenvalue weighted by molar-refractivity contribution is 14.0. The maximum absolute atomic E-state index is 5.73. The number of hydrogen-bond acceptors (Lipinski definition) is 5. The molecule has 0 aromatic carbocycles. The first-order valence-electron chi connectivity index (χ1n) is 9.71. The second-order valence-corrected chi connectivity index (χ2v) is 7.00. The van der Waals surface area contributed by atoms with Crippen molar-refractivity contribution in [3.8, 4) is 5.88 Å². The summed E-state index contributed by atoms with van der Waals surface area (Å²) in [6, 6.07) is 4.32. The minimum Gasteiger partial charge on any atom is -0.475 e. The lowest BCUT2D eigenvalue weighted by Gasteiger charge is -2.39. The third-order valence-electron chi connectivity index (χ3n) is 5.15. The molecule has 0 radical (unpaired) electrons. The van der Waals surface area contributed by atoms with E-state index in [1.54, 1.807) is 13.3 Å². The van der Waals surface area contributed by atoms with Gasteiger partial charge in [-0.15, -0.1) is 24.0 Å². The topological polar surface area (TPSA) is 76.8 Å². The van der Waals surface area contributed by atoms with Gasteiger partial charge in [0.05, 0.1) is 19.0 Å². The predicted octanol–water partition coefficient (Wildman–Crippen LogP) is 2.58. The second-order valence-electron chi connectivity index (χ2n) is 7.00. The molecule has 0 saturated carbocycles. The fourth-order valence-corrected chi connectivity index (χ4v) is 3.51. The van der Waals surface area contributed by atoms with Gasteiger partial charge in [-0.25, -0.2) is 9.97 Å². The molecule has 2 unspecified atom stereocenters. The maximum atomic E-state index is 5.73. The zero-order chi connectivity index (χ0) is 19.8. The molecule has 0 bridgehead atoms. The van der Waals surface area contributed by atoms with E-state index in [1.165, 1.54) is 0 Å². The summed E-state index contributed by atoms with van der Waals surface area (Å²) < 4.78 is 13.0. The number of halogens is 1. The quantitative estimate of drug-likeness (QED) is 0.265. The number of likely N-dealkylation sites (tertiary alicyclic amines) is 1. The molecule has 0 amide bonds. The lowest BCUT2D eigenvalue weighted by Crippen LogP contribution is -2.48. The summed E-state index contributed by atoms with van der Waals surface area (Å²) in [6.45, 7) is 5.80. The van der Waals surface area contributed by atoms with Crippen LogP contribution >= 0.6 is 24.0 Å². The van der Waals surface area contributed by atoms with Crippen molar-refractivity contribution >= 4 is 29.9 Å². The van der Waals surface area contributed by atoms with Gasteiger partial charge in [0.15, 0.2) is 5.96 Å². The van der Waals surface area contributed by atoms with E-state index in [0.29, 0.717) is 37.6 Å². The molecular weight excluding hydrogens is 483 g/mol. The van der Waals surface area contributed by atoms with Crippen LogP contribution in [0.15, 0.2) is 42.0 Å². The van der Waals surface area contributed by atoms with Crippen molar-refractivity contribution in [3.05, 3.63) is 42.6 Å². The largest absolute Gasteiger partial charge is 0.475 e. The molecule has 1 aliphatic rings. The van der Waals surface area contributed by atoms with Crippen molar-refractivity contribution in [3.63, 3.8) is 0 Å². The van der Waals surface area contributed by atoms with E-state index in [-0.39, 0.29) is 24.0 Å². The Morgan fingerprint density at radius 2 is 2.21 bits per heavy atom. The number of nitrogens with one attached hydrogen (secondary N) is 1. The molecule has 1 aliphatic heterocycles. The monoisotopic (exact) mass is 514 g/mol. The molecule has 2 aromatic heterocycles. The Morgan fingerprint density at radius 1 is 1.34 bits per heavy atom. The molecule has 3 rings (SSSR count). The van der Waals surface area contributed by atoms with Crippen molar-refractivity contribution in [1.29, 1.82) is 0 Å². The molecule has 8 nitrogen and oxygen atoms in total. The molecule has 1 saturated heterocycles. The molecule has 0 spiro atoms. The fraction of sp³-hybridized carbons (Fsp3) is 0.550. The summed E-state index contributed by atoms with van der Waals surface area (Å²) in [5.74, 6) is 2.12. The average Bonchev–Trinajstić information content (AvgIpc) is 3.25. The van der Waals surface area contributed by atoms with Gasteiger partial charge in [0, 0.05) is 57.9 Å². The van der Waals surface area contributed by atoms with Crippen LogP contribution in [0.5, 0.6) is 5.88 Å². The van der Waals surface area contributed by atoms with E-state index in [0.717, 1.165) is 31.0 Å². The van der Waals surface area contributed by atoms with Crippen LogP contribution in [0.4, 0.5) is 0 Å². The third-order valence-corrected chi connectivity index (χ3v) is 5.15. The number of hydrogen-bond donors (Lipinski definition) is 1. The molecule has 2 atom stereocenters. The standard InChI is InChI=1S/C20H30N6O2.HI/c1-16-6-9-25(14-18(16)26-10-8-22-15-26)20(21-2)24-13-17-5-4-7-23-19(17)28-12-11-27-3;/h4-5,7-8,10,15-16,18H,6,9,11-14H2,1-3H3,(H,21,24);1H. The van der Waals surface area contributed by atoms with E-state index in [1.807, 2.05) is 37.9 Å². The smallest absolute Gasteiger partial charge is 0.218 e. The minimum atomic E-state index is 0. The summed E-state index contributed by atoms with van der Waals surface area (Å²) in [4.78, 5) is 15.4. The number of methoxy groups -OCH3 is 1. The van der Waals surface area contributed by atoms with E-state index < -0.39 is 0 Å². The first-order chi connectivity index (χ1) is 13.7. The first-order valence-corrected chi connectivity index (χ1v) is 9.71. The minimum absolute atomic E-state index is 0. The Bertz CT molecular complexity index is 755. The Morgan fingerprint density at radius 3 is 2.93 bits per heavy atom. The highest BCUT2D eigenvalue weighted by atomic mass is 127. The van der Waals surface area contributed by atoms with E-state index in [4.69, 9.17) is 9.47 Å². The van der Waals surface area contributed by atoms with Gasteiger partial charge in [-0.2, -0.15) is 0 Å². The molecular formula is C20H31IN6O2. The molecule has 2 aromatic rings. The molecule has 1 N–H and O–H groups in total. The summed E-state index contributed by atoms with van der Waals surface area (Å²) in [6.07, 6.45) is 8.64. The van der Waals surface area contributed by atoms with Gasteiger partial charge in [-0.3, -0.25) is 4.99 Å². The maximum Gasteiger partial charge on any atom is 0.218 e. The van der Waals surface area contributed by atoms with E-state index >= 15 is 0 Å². The zero-order valence-electron chi connectivity index (χ0n) is 17.3. The summed E-state index contributed by atoms with van der Waals surface area (Å²) >= 11 is 0. The molecule has 1 fully saturated rings. The van der Waals surface area contributed by atoms with Crippen LogP contribution < -0.4 is 10.1 Å². The first kappa shape index (κ1) is 23.4. The lowest BCUT2D eigenvalue weighted by atomic mass is 9.93. The number of guanidine groups is 1. The summed E-state index contributed by atoms with van der Waals surface area (Å²) in [5.41, 5.74) is 0.997. The van der Waals surface area contributed by atoms with Crippen molar-refractivity contribution in [2.24, 2.45) is 10.9 Å². The highest BCUT2D eigenvalue weighted by Crippen LogP contribution is 2.27. The molecule has 160 valence electrons. The molecule has 0 aliphatic carbocycles. The third kappa shape index (κ3) is 6.30. The van der Waals surface area contributed by atoms with Crippen LogP contribution in [-0.2, 0) is 11.3 Å². The van der Waals surface area contributed by atoms with Crippen LogP contribution in [0, 0.1) is 5.92 Å². The van der Waals surface area contributed by atoms with Crippen molar-refractivity contribution in [1.82, 2.24) is 24.8 Å². The Kier molecular flexibility index (Phi) is 9.65. The van der Waals surface area contributed by atoms with Crippen LogP contribution in [0.3, 0.4) is 0 Å². The van der Waals surface area contributed by atoms with Crippen LogP contribution in [0.25, 0.3) is 0 Å². The number of ether oxygens (including phenoxy) is 2. The predicted molar refractivity (Wildman–Crippen MR) is 124 cm³/mol. The number of aliphatic imine (C=N–C) groups is 1. The van der Waals surface area contributed by atoms with Gasteiger partial charge in [0.25, 0.3) is 0 Å². The number of piperidine rings is 1. The molecule has 9 heteroatoms. The Balaban J connectivity index is 0.00000300. The van der Waals surface area contributed by atoms with E-state index in [9.17, 15) is 0 Å². The lowest BCUT2D eigenvalue weighted by molar-refractivity contribution is 0.143. The second kappa shape index (κ2) is 12.0. The Labute approximate surface area is 189 Å². The van der Waals surface area contributed by atoms with Gasteiger partial charge in [-0.1, -0.05) is 13.0 Å². The van der Waals surface area contributed by atoms with E-state index in [2.05, 4.69) is 36.7 Å². The summed E-state index contributed by atoms with van der Waals surface area (Å²) in [7, 11) is 3.48. The summed E-state index contributed by atoms with van der Waals surface area (Å²) in [5, 5.41) is 3.47. The van der Waals surface area contributed by atoms with Crippen molar-refractivity contribution in [2.75, 3.05) is 40.5 Å². The zero-order valence-corrected chi connectivity index (χ0v) is 19.7. The van der Waals surface area contributed by atoms with Gasteiger partial charge in [-0.05, 0) is 18.4 Å². The number of rotatable bonds is 7. The molecule has 29 heavy (non-hydrogen) atoms.